The Morgan fingerprint density at radius 2 is 2.36 bits per heavy atom. The number of hydrogen-bond acceptors (Lipinski definition) is 2. The molecule has 0 aliphatic carbocycles. The molecule has 0 saturated heterocycles. The molecule has 0 unspecified atom stereocenters. The fraction of sp³-hybridized carbons (Fsp3) is 0.111. The second-order valence-corrected chi connectivity index (χ2v) is 2.19. The van der Waals surface area contributed by atoms with Crippen LogP contribution in [-0.4, -0.2) is 6.79 Å². The monoisotopic (exact) mass is 147 g/mol. The first-order valence-electron chi connectivity index (χ1n) is 3.38. The summed E-state index contributed by atoms with van der Waals surface area (Å²) < 4.78 is 10.1. The second kappa shape index (κ2) is 2.66. The molecule has 1 heterocycles. The first-order valence-corrected chi connectivity index (χ1v) is 3.38. The number of ether oxygens (including phenoxy) is 2. The highest BCUT2D eigenvalue weighted by Gasteiger charge is 2.07. The van der Waals surface area contributed by atoms with E-state index in [9.17, 15) is 0 Å². The van der Waals surface area contributed by atoms with E-state index in [0.29, 0.717) is 6.79 Å². The highest BCUT2D eigenvalue weighted by atomic mass is 16.7. The standard InChI is InChI=1S/C9H7O2/c1-2-4-8(5-3-1)9-6-10-7-11-9/h1-4,6H,7H2. The number of hydrogen-bond donors (Lipinski definition) is 0. The van der Waals surface area contributed by atoms with Crippen LogP contribution in [0.15, 0.2) is 30.5 Å². The van der Waals surface area contributed by atoms with Gasteiger partial charge in [0.2, 0.25) is 6.79 Å². The fourth-order valence-electron chi connectivity index (χ4n) is 0.929. The van der Waals surface area contributed by atoms with Crippen molar-refractivity contribution >= 4 is 5.76 Å². The average molecular weight is 147 g/mol. The second-order valence-electron chi connectivity index (χ2n) is 2.19. The lowest BCUT2D eigenvalue weighted by Crippen LogP contribution is -1.85. The maximum Gasteiger partial charge on any atom is 0.230 e. The van der Waals surface area contributed by atoms with Crippen molar-refractivity contribution in [2.45, 2.75) is 0 Å². The molecule has 0 fully saturated rings. The third kappa shape index (κ3) is 1.19. The van der Waals surface area contributed by atoms with Crippen LogP contribution in [0.4, 0.5) is 0 Å². The zero-order valence-corrected chi connectivity index (χ0v) is 5.91. The maximum absolute atomic E-state index is 5.15. The van der Waals surface area contributed by atoms with Gasteiger partial charge in [0.25, 0.3) is 0 Å². The SMILES string of the molecule is [c]1ccccc1C1=COCO1. The quantitative estimate of drug-likeness (QED) is 0.602. The van der Waals surface area contributed by atoms with Crippen LogP contribution in [0.2, 0.25) is 0 Å². The Labute approximate surface area is 65.1 Å². The van der Waals surface area contributed by atoms with Crippen LogP contribution < -0.4 is 0 Å². The smallest absolute Gasteiger partial charge is 0.230 e. The number of rotatable bonds is 1. The Morgan fingerprint density at radius 1 is 1.36 bits per heavy atom. The van der Waals surface area contributed by atoms with E-state index in [1.807, 2.05) is 24.3 Å². The molecular formula is C9H7O2. The molecule has 1 radical (unpaired) electrons. The van der Waals surface area contributed by atoms with Crippen molar-refractivity contribution < 1.29 is 9.47 Å². The summed E-state index contributed by atoms with van der Waals surface area (Å²) in [6.07, 6.45) is 1.60. The maximum atomic E-state index is 5.15. The Balaban J connectivity index is 2.29. The van der Waals surface area contributed by atoms with Crippen molar-refractivity contribution in [3.05, 3.63) is 42.2 Å². The summed E-state index contributed by atoms with van der Waals surface area (Å²) in [5.74, 6) is 0.755. The number of benzene rings is 1. The van der Waals surface area contributed by atoms with Crippen molar-refractivity contribution in [1.29, 1.82) is 0 Å². The van der Waals surface area contributed by atoms with Crippen LogP contribution in [0.25, 0.3) is 5.76 Å². The van der Waals surface area contributed by atoms with E-state index in [4.69, 9.17) is 9.47 Å². The molecule has 1 aliphatic rings. The van der Waals surface area contributed by atoms with Crippen LogP contribution in [-0.2, 0) is 9.47 Å². The average Bonchev–Trinajstić information content (AvgIpc) is 2.58. The predicted octanol–water partition coefficient (Wildman–Crippen LogP) is 1.79. The minimum absolute atomic E-state index is 0.318. The first kappa shape index (κ1) is 6.28. The third-order valence-corrected chi connectivity index (χ3v) is 1.45. The Morgan fingerprint density at radius 3 is 3.00 bits per heavy atom. The van der Waals surface area contributed by atoms with Crippen LogP contribution in [0, 0.1) is 6.07 Å². The lowest BCUT2D eigenvalue weighted by Gasteiger charge is -1.98. The molecule has 0 N–H and O–H groups in total. The molecule has 2 nitrogen and oxygen atoms in total. The molecule has 0 atom stereocenters. The van der Waals surface area contributed by atoms with E-state index in [1.54, 1.807) is 6.26 Å². The van der Waals surface area contributed by atoms with Crippen LogP contribution in [0.5, 0.6) is 0 Å². The molecule has 0 amide bonds. The molecule has 2 rings (SSSR count). The van der Waals surface area contributed by atoms with Crippen molar-refractivity contribution in [1.82, 2.24) is 0 Å². The van der Waals surface area contributed by atoms with Gasteiger partial charge in [-0.15, -0.1) is 0 Å². The molecule has 55 valence electrons. The van der Waals surface area contributed by atoms with Crippen molar-refractivity contribution in [3.8, 4) is 0 Å². The molecule has 0 spiro atoms. The van der Waals surface area contributed by atoms with Gasteiger partial charge in [0.1, 0.15) is 6.26 Å². The first-order chi connectivity index (χ1) is 5.47. The molecule has 0 aromatic heterocycles. The Hall–Kier alpha value is -1.44. The summed E-state index contributed by atoms with van der Waals surface area (Å²) >= 11 is 0. The minimum atomic E-state index is 0.318. The molecule has 1 aromatic carbocycles. The zero-order chi connectivity index (χ0) is 7.52. The van der Waals surface area contributed by atoms with E-state index in [1.165, 1.54) is 0 Å². The van der Waals surface area contributed by atoms with Gasteiger partial charge >= 0.3 is 0 Å². The normalized spacial score (nSPS) is 15.1. The Kier molecular flexibility index (Phi) is 1.52. The van der Waals surface area contributed by atoms with Gasteiger partial charge in [-0.2, -0.15) is 0 Å². The van der Waals surface area contributed by atoms with Crippen LogP contribution in [0.1, 0.15) is 5.56 Å². The topological polar surface area (TPSA) is 18.5 Å². The van der Waals surface area contributed by atoms with Crippen molar-refractivity contribution in [2.24, 2.45) is 0 Å². The summed E-state index contributed by atoms with van der Waals surface area (Å²) in [6.45, 7) is 0.318. The van der Waals surface area contributed by atoms with E-state index in [0.717, 1.165) is 11.3 Å². The molecular weight excluding hydrogens is 140 g/mol. The largest absolute Gasteiger partial charge is 0.461 e. The van der Waals surface area contributed by atoms with Gasteiger partial charge in [-0.05, 0) is 6.07 Å². The molecule has 1 aliphatic heterocycles. The van der Waals surface area contributed by atoms with Gasteiger partial charge in [-0.3, -0.25) is 0 Å². The Bertz CT molecular complexity index is 264. The lowest BCUT2D eigenvalue weighted by atomic mass is 10.2. The van der Waals surface area contributed by atoms with Crippen molar-refractivity contribution in [2.75, 3.05) is 6.79 Å². The molecule has 1 aromatic rings. The fourth-order valence-corrected chi connectivity index (χ4v) is 0.929. The summed E-state index contributed by atoms with van der Waals surface area (Å²) in [5.41, 5.74) is 0.935. The van der Waals surface area contributed by atoms with E-state index < -0.39 is 0 Å². The molecule has 11 heavy (non-hydrogen) atoms. The molecule has 0 saturated carbocycles. The van der Waals surface area contributed by atoms with Gasteiger partial charge in [0, 0.05) is 5.56 Å². The third-order valence-electron chi connectivity index (χ3n) is 1.45. The van der Waals surface area contributed by atoms with E-state index in [-0.39, 0.29) is 0 Å². The van der Waals surface area contributed by atoms with E-state index >= 15 is 0 Å². The lowest BCUT2D eigenvalue weighted by molar-refractivity contribution is 0.100. The minimum Gasteiger partial charge on any atom is -0.461 e. The van der Waals surface area contributed by atoms with Gasteiger partial charge in [-0.25, -0.2) is 0 Å². The zero-order valence-electron chi connectivity index (χ0n) is 5.91. The van der Waals surface area contributed by atoms with Crippen LogP contribution >= 0.6 is 0 Å². The summed E-state index contributed by atoms with van der Waals surface area (Å²) in [7, 11) is 0. The van der Waals surface area contributed by atoms with Gasteiger partial charge in [0.15, 0.2) is 5.76 Å². The van der Waals surface area contributed by atoms with Crippen molar-refractivity contribution in [3.63, 3.8) is 0 Å². The van der Waals surface area contributed by atoms with Gasteiger partial charge in [0.05, 0.1) is 0 Å². The van der Waals surface area contributed by atoms with Gasteiger partial charge in [-0.1, -0.05) is 24.3 Å². The summed E-state index contributed by atoms with van der Waals surface area (Å²) in [6, 6.07) is 10.7. The highest BCUT2D eigenvalue weighted by Crippen LogP contribution is 2.18. The summed E-state index contributed by atoms with van der Waals surface area (Å²) in [4.78, 5) is 0. The van der Waals surface area contributed by atoms with Gasteiger partial charge < -0.3 is 9.47 Å². The predicted molar refractivity (Wildman–Crippen MR) is 40.3 cm³/mol. The molecule has 2 heteroatoms. The summed E-state index contributed by atoms with van der Waals surface area (Å²) in [5, 5.41) is 0. The van der Waals surface area contributed by atoms with Crippen LogP contribution in [0.3, 0.4) is 0 Å². The molecule has 0 bridgehead atoms. The van der Waals surface area contributed by atoms with E-state index in [2.05, 4.69) is 6.07 Å². The highest BCUT2D eigenvalue weighted by molar-refractivity contribution is 5.58.